The summed E-state index contributed by atoms with van der Waals surface area (Å²) in [5, 5.41) is 4.29. The molecule has 0 atom stereocenters. The molecule has 0 amide bonds. The van der Waals surface area contributed by atoms with E-state index in [0.29, 0.717) is 0 Å². The Morgan fingerprint density at radius 1 is 1.11 bits per heavy atom. The smallest absolute Gasteiger partial charge is 0.130 e. The van der Waals surface area contributed by atoms with Crippen molar-refractivity contribution in [3.8, 4) is 0 Å². The molecule has 3 nitrogen and oxygen atoms in total. The van der Waals surface area contributed by atoms with Crippen LogP contribution in [0.1, 0.15) is 18.1 Å². The Labute approximate surface area is 112 Å². The van der Waals surface area contributed by atoms with Gasteiger partial charge in [0.15, 0.2) is 0 Å². The number of aromatic nitrogens is 2. The zero-order valence-electron chi connectivity index (χ0n) is 10.7. The summed E-state index contributed by atoms with van der Waals surface area (Å²) in [5.41, 5.74) is 2.63. The minimum absolute atomic E-state index is 0.787. The van der Waals surface area contributed by atoms with Crippen molar-refractivity contribution in [2.24, 2.45) is 0 Å². The molecule has 1 aromatic heterocycles. The molecule has 0 unspecified atom stereocenters. The Balaban J connectivity index is 1.97. The van der Waals surface area contributed by atoms with Crippen LogP contribution in [0.3, 0.4) is 0 Å². The van der Waals surface area contributed by atoms with Crippen LogP contribution in [0.2, 0.25) is 0 Å². The predicted molar refractivity (Wildman–Crippen MR) is 77.0 cm³/mol. The van der Waals surface area contributed by atoms with E-state index in [2.05, 4.69) is 46.5 Å². The van der Waals surface area contributed by atoms with Gasteiger partial charge in [0, 0.05) is 12.6 Å². The minimum Gasteiger partial charge on any atom is -0.366 e. The quantitative estimate of drug-likeness (QED) is 0.660. The fourth-order valence-electron chi connectivity index (χ4n) is 1.63. The third kappa shape index (κ3) is 3.47. The largest absolute Gasteiger partial charge is 0.366 e. The molecule has 4 heteroatoms. The molecule has 0 fully saturated rings. The lowest BCUT2D eigenvalue weighted by Gasteiger charge is -2.06. The molecule has 0 bridgehead atoms. The lowest BCUT2D eigenvalue weighted by Crippen LogP contribution is -2.01. The number of benzene rings is 1. The van der Waals surface area contributed by atoms with Crippen molar-refractivity contribution in [1.29, 1.82) is 0 Å². The van der Waals surface area contributed by atoms with Crippen molar-refractivity contribution in [3.63, 3.8) is 0 Å². The maximum Gasteiger partial charge on any atom is 0.130 e. The van der Waals surface area contributed by atoms with Crippen LogP contribution in [-0.4, -0.2) is 16.2 Å². The molecule has 1 N–H and O–H groups in total. The molecule has 0 spiro atoms. The van der Waals surface area contributed by atoms with E-state index in [1.807, 2.05) is 12.3 Å². The normalized spacial score (nSPS) is 10.3. The summed E-state index contributed by atoms with van der Waals surface area (Å²) in [6.07, 6.45) is 4.68. The Hall–Kier alpha value is -1.55. The molecule has 0 aliphatic rings. The maximum atomic E-state index is 4.20. The first-order chi connectivity index (χ1) is 8.81. The Kier molecular flexibility index (Phi) is 4.59. The van der Waals surface area contributed by atoms with Crippen LogP contribution < -0.4 is 5.32 Å². The first-order valence-electron chi connectivity index (χ1n) is 5.99. The van der Waals surface area contributed by atoms with Crippen molar-refractivity contribution < 1.29 is 0 Å². The average molecular weight is 259 g/mol. The summed E-state index contributed by atoms with van der Waals surface area (Å²) in [4.78, 5) is 8.35. The average Bonchev–Trinajstić information content (AvgIpc) is 2.46. The van der Waals surface area contributed by atoms with Gasteiger partial charge < -0.3 is 5.32 Å². The van der Waals surface area contributed by atoms with E-state index >= 15 is 0 Å². The molecule has 1 aromatic carbocycles. The van der Waals surface area contributed by atoms with E-state index in [4.69, 9.17) is 0 Å². The van der Waals surface area contributed by atoms with Gasteiger partial charge >= 0.3 is 0 Å². The van der Waals surface area contributed by atoms with E-state index < -0.39 is 0 Å². The standard InChI is InChI=1S/C14H17N3S/c1-3-11-4-6-12(7-5-11)9-15-13-8-14(18-2)17-10-16-13/h4-8,10H,3,9H2,1-2H3,(H,15,16,17). The molecular weight excluding hydrogens is 242 g/mol. The summed E-state index contributed by atoms with van der Waals surface area (Å²) in [7, 11) is 0. The van der Waals surface area contributed by atoms with Crippen LogP contribution in [-0.2, 0) is 13.0 Å². The Morgan fingerprint density at radius 3 is 2.50 bits per heavy atom. The van der Waals surface area contributed by atoms with Gasteiger partial charge in [-0.2, -0.15) is 0 Å². The van der Waals surface area contributed by atoms with Gasteiger partial charge in [0.05, 0.1) is 0 Å². The molecule has 0 saturated carbocycles. The Bertz CT molecular complexity index is 497. The summed E-state index contributed by atoms with van der Waals surface area (Å²) in [6, 6.07) is 10.6. The molecule has 18 heavy (non-hydrogen) atoms. The first kappa shape index (κ1) is 12.9. The monoisotopic (exact) mass is 259 g/mol. The highest BCUT2D eigenvalue weighted by Gasteiger charge is 1.98. The van der Waals surface area contributed by atoms with Gasteiger partial charge in [-0.25, -0.2) is 9.97 Å². The summed E-state index contributed by atoms with van der Waals surface area (Å²) >= 11 is 1.62. The first-order valence-corrected chi connectivity index (χ1v) is 7.22. The number of hydrogen-bond donors (Lipinski definition) is 1. The van der Waals surface area contributed by atoms with Crippen molar-refractivity contribution >= 4 is 17.6 Å². The second-order valence-electron chi connectivity index (χ2n) is 3.97. The summed E-state index contributed by atoms with van der Waals surface area (Å²) in [5.74, 6) is 0.869. The van der Waals surface area contributed by atoms with Crippen LogP contribution in [0.4, 0.5) is 5.82 Å². The van der Waals surface area contributed by atoms with Gasteiger partial charge in [0.1, 0.15) is 17.2 Å². The molecule has 94 valence electrons. The number of aryl methyl sites for hydroxylation is 1. The summed E-state index contributed by atoms with van der Waals surface area (Å²) < 4.78 is 0. The zero-order valence-corrected chi connectivity index (χ0v) is 11.5. The fourth-order valence-corrected chi connectivity index (χ4v) is 2.02. The molecule has 1 heterocycles. The molecule has 0 radical (unpaired) electrons. The van der Waals surface area contributed by atoms with E-state index in [0.717, 1.165) is 23.8 Å². The predicted octanol–water partition coefficient (Wildman–Crippen LogP) is 3.37. The molecule has 0 aliphatic carbocycles. The fraction of sp³-hybridized carbons (Fsp3) is 0.286. The van der Waals surface area contributed by atoms with Crippen molar-refractivity contribution in [3.05, 3.63) is 47.8 Å². The number of hydrogen-bond acceptors (Lipinski definition) is 4. The molecule has 0 saturated heterocycles. The van der Waals surface area contributed by atoms with Crippen molar-refractivity contribution in [2.45, 2.75) is 24.9 Å². The van der Waals surface area contributed by atoms with Gasteiger partial charge in [-0.15, -0.1) is 11.8 Å². The lowest BCUT2D eigenvalue weighted by molar-refractivity contribution is 1.02. The number of anilines is 1. The number of nitrogens with one attached hydrogen (secondary N) is 1. The third-order valence-electron chi connectivity index (χ3n) is 2.76. The van der Waals surface area contributed by atoms with Crippen LogP contribution in [0.5, 0.6) is 0 Å². The highest BCUT2D eigenvalue weighted by Crippen LogP contribution is 2.14. The molecule has 2 rings (SSSR count). The lowest BCUT2D eigenvalue weighted by atomic mass is 10.1. The minimum atomic E-state index is 0.787. The topological polar surface area (TPSA) is 37.8 Å². The highest BCUT2D eigenvalue weighted by atomic mass is 32.2. The number of rotatable bonds is 5. The number of thioether (sulfide) groups is 1. The van der Waals surface area contributed by atoms with Gasteiger partial charge in [0.2, 0.25) is 0 Å². The second kappa shape index (κ2) is 6.40. The van der Waals surface area contributed by atoms with Crippen LogP contribution >= 0.6 is 11.8 Å². The van der Waals surface area contributed by atoms with Gasteiger partial charge in [-0.05, 0) is 23.8 Å². The van der Waals surface area contributed by atoms with E-state index in [1.54, 1.807) is 18.1 Å². The molecule has 2 aromatic rings. The molecule has 0 aliphatic heterocycles. The van der Waals surface area contributed by atoms with Crippen LogP contribution in [0, 0.1) is 0 Å². The van der Waals surface area contributed by atoms with Crippen molar-refractivity contribution in [2.75, 3.05) is 11.6 Å². The van der Waals surface area contributed by atoms with Crippen LogP contribution in [0.25, 0.3) is 0 Å². The SMILES string of the molecule is CCc1ccc(CNc2cc(SC)ncn2)cc1. The van der Waals surface area contributed by atoms with Gasteiger partial charge in [-0.3, -0.25) is 0 Å². The zero-order chi connectivity index (χ0) is 12.8. The van der Waals surface area contributed by atoms with Gasteiger partial charge in [0.25, 0.3) is 0 Å². The van der Waals surface area contributed by atoms with E-state index in [9.17, 15) is 0 Å². The van der Waals surface area contributed by atoms with Crippen molar-refractivity contribution in [1.82, 2.24) is 9.97 Å². The van der Waals surface area contributed by atoms with Gasteiger partial charge in [-0.1, -0.05) is 31.2 Å². The Morgan fingerprint density at radius 2 is 1.83 bits per heavy atom. The molecular formula is C14H17N3S. The summed E-state index contributed by atoms with van der Waals surface area (Å²) in [6.45, 7) is 2.95. The maximum absolute atomic E-state index is 4.20. The highest BCUT2D eigenvalue weighted by molar-refractivity contribution is 7.98. The number of nitrogens with zero attached hydrogens (tertiary/aromatic N) is 2. The van der Waals surface area contributed by atoms with E-state index in [1.165, 1.54) is 11.1 Å². The van der Waals surface area contributed by atoms with Crippen LogP contribution in [0.15, 0.2) is 41.7 Å². The third-order valence-corrected chi connectivity index (χ3v) is 3.40. The second-order valence-corrected chi connectivity index (χ2v) is 4.80. The van der Waals surface area contributed by atoms with E-state index in [-0.39, 0.29) is 0 Å².